The summed E-state index contributed by atoms with van der Waals surface area (Å²) in [4.78, 5) is 12.8. The van der Waals surface area contributed by atoms with E-state index >= 15 is 0 Å². The quantitative estimate of drug-likeness (QED) is 0.751. The first kappa shape index (κ1) is 17.6. The largest absolute Gasteiger partial charge is 0.306 e. The van der Waals surface area contributed by atoms with Gasteiger partial charge in [-0.1, -0.05) is 17.2 Å². The Bertz CT molecular complexity index is 1050. The Labute approximate surface area is 158 Å². The van der Waals surface area contributed by atoms with Crippen LogP contribution in [-0.2, 0) is 22.3 Å². The minimum Gasteiger partial charge on any atom is -0.306 e. The van der Waals surface area contributed by atoms with Crippen molar-refractivity contribution in [3.05, 3.63) is 76.2 Å². The second-order valence-electron chi connectivity index (χ2n) is 6.72. The van der Waals surface area contributed by atoms with Gasteiger partial charge in [-0.3, -0.25) is 9.00 Å². The van der Waals surface area contributed by atoms with Crippen LogP contribution >= 0.6 is 0 Å². The minimum absolute atomic E-state index is 0.259. The van der Waals surface area contributed by atoms with Crippen LogP contribution in [0.5, 0.6) is 0 Å². The summed E-state index contributed by atoms with van der Waals surface area (Å²) in [6, 6.07) is 11.5. The number of carbonyl (C=O) groups excluding carboxylic acids is 1. The van der Waals surface area contributed by atoms with E-state index in [4.69, 9.17) is 0 Å². The fourth-order valence-electron chi connectivity index (χ4n) is 3.31. The van der Waals surface area contributed by atoms with Gasteiger partial charge in [-0.25, -0.2) is 9.07 Å². The first-order valence-corrected chi connectivity index (χ1v) is 10.0. The van der Waals surface area contributed by atoms with Crippen molar-refractivity contribution in [1.29, 1.82) is 0 Å². The molecule has 1 aliphatic rings. The summed E-state index contributed by atoms with van der Waals surface area (Å²) < 4.78 is 26.8. The third kappa shape index (κ3) is 3.42. The normalized spacial score (nSPS) is 15.6. The van der Waals surface area contributed by atoms with Crippen LogP contribution in [0.25, 0.3) is 5.69 Å². The molecule has 1 unspecified atom stereocenters. The summed E-state index contributed by atoms with van der Waals surface area (Å²) in [7, 11) is -1.02. The highest BCUT2D eigenvalue weighted by molar-refractivity contribution is 7.83. The maximum Gasteiger partial charge on any atom is 0.256 e. The Balaban J connectivity index is 1.76. The zero-order chi connectivity index (χ0) is 19.1. The Morgan fingerprint density at radius 3 is 2.44 bits per heavy atom. The molecule has 1 atom stereocenters. The number of anilines is 1. The summed E-state index contributed by atoms with van der Waals surface area (Å²) in [5.74, 6) is 0.590. The van der Waals surface area contributed by atoms with Crippen LogP contribution in [0.4, 0.5) is 10.2 Å². The topological polar surface area (TPSA) is 64.0 Å². The molecule has 1 aliphatic heterocycles. The van der Waals surface area contributed by atoms with Gasteiger partial charge in [0.15, 0.2) is 0 Å². The van der Waals surface area contributed by atoms with Crippen molar-refractivity contribution < 1.29 is 13.4 Å². The standard InChI is InChI=1S/C20H18FN3O2S/c1-12-7-13(2)9-14(8-12)20(25)22-19-17-10-27(26)11-18(17)23-24(19)16-5-3-15(21)4-6-16/h3-9H,10-11H2,1-2H3,(H,22,25). The number of hydrogen-bond acceptors (Lipinski definition) is 3. The smallest absolute Gasteiger partial charge is 0.256 e. The van der Waals surface area contributed by atoms with Crippen LogP contribution in [-0.4, -0.2) is 19.9 Å². The number of carbonyl (C=O) groups is 1. The molecule has 2 aromatic carbocycles. The Morgan fingerprint density at radius 2 is 1.78 bits per heavy atom. The molecule has 1 amide bonds. The van der Waals surface area contributed by atoms with Crippen molar-refractivity contribution in [3.63, 3.8) is 0 Å². The third-order valence-corrected chi connectivity index (χ3v) is 5.66. The SMILES string of the molecule is Cc1cc(C)cc(C(=O)Nc2c3c(nn2-c2ccc(F)cc2)CS(=O)C3)c1. The second-order valence-corrected chi connectivity index (χ2v) is 8.18. The van der Waals surface area contributed by atoms with E-state index in [0.717, 1.165) is 16.7 Å². The van der Waals surface area contributed by atoms with Gasteiger partial charge in [-0.2, -0.15) is 5.10 Å². The van der Waals surface area contributed by atoms with Crippen molar-refractivity contribution in [2.45, 2.75) is 25.4 Å². The van der Waals surface area contributed by atoms with E-state index < -0.39 is 10.8 Å². The zero-order valence-corrected chi connectivity index (χ0v) is 15.8. The minimum atomic E-state index is -1.02. The fraction of sp³-hybridized carbons (Fsp3) is 0.200. The predicted octanol–water partition coefficient (Wildman–Crippen LogP) is 3.64. The van der Waals surface area contributed by atoms with Crippen molar-refractivity contribution in [3.8, 4) is 5.69 Å². The predicted molar refractivity (Wildman–Crippen MR) is 103 cm³/mol. The average molecular weight is 383 g/mol. The molecule has 0 radical (unpaired) electrons. The van der Waals surface area contributed by atoms with E-state index in [0.29, 0.717) is 34.3 Å². The number of rotatable bonds is 3. The molecule has 138 valence electrons. The number of nitrogens with zero attached hydrogens (tertiary/aromatic N) is 2. The van der Waals surface area contributed by atoms with E-state index in [1.807, 2.05) is 32.0 Å². The van der Waals surface area contributed by atoms with Crippen LogP contribution in [0, 0.1) is 19.7 Å². The van der Waals surface area contributed by atoms with Gasteiger partial charge >= 0.3 is 0 Å². The van der Waals surface area contributed by atoms with Gasteiger partial charge in [0, 0.05) is 21.9 Å². The van der Waals surface area contributed by atoms with Crippen LogP contribution in [0.15, 0.2) is 42.5 Å². The monoisotopic (exact) mass is 383 g/mol. The first-order chi connectivity index (χ1) is 12.9. The molecule has 7 heteroatoms. The molecule has 0 spiro atoms. The molecule has 0 bridgehead atoms. The number of hydrogen-bond donors (Lipinski definition) is 1. The number of aryl methyl sites for hydroxylation is 2. The lowest BCUT2D eigenvalue weighted by Crippen LogP contribution is -2.17. The maximum absolute atomic E-state index is 13.3. The highest BCUT2D eigenvalue weighted by Crippen LogP contribution is 2.31. The summed E-state index contributed by atoms with van der Waals surface area (Å²) in [5.41, 5.74) is 4.65. The molecule has 1 aromatic heterocycles. The van der Waals surface area contributed by atoms with Gasteiger partial charge in [0.05, 0.1) is 22.9 Å². The lowest BCUT2D eigenvalue weighted by atomic mass is 10.1. The second kappa shape index (κ2) is 6.74. The van der Waals surface area contributed by atoms with E-state index in [1.54, 1.807) is 16.8 Å². The van der Waals surface area contributed by atoms with E-state index in [-0.39, 0.29) is 11.7 Å². The van der Waals surface area contributed by atoms with Gasteiger partial charge in [0.1, 0.15) is 11.6 Å². The van der Waals surface area contributed by atoms with Crippen molar-refractivity contribution in [2.24, 2.45) is 0 Å². The summed E-state index contributed by atoms with van der Waals surface area (Å²) in [6.07, 6.45) is 0. The lowest BCUT2D eigenvalue weighted by molar-refractivity contribution is 0.102. The van der Waals surface area contributed by atoms with E-state index in [2.05, 4.69) is 10.4 Å². The Hall–Kier alpha value is -2.80. The van der Waals surface area contributed by atoms with Crippen molar-refractivity contribution in [1.82, 2.24) is 9.78 Å². The van der Waals surface area contributed by atoms with Gasteiger partial charge in [-0.05, 0) is 50.2 Å². The number of halogens is 1. The van der Waals surface area contributed by atoms with Crippen molar-refractivity contribution in [2.75, 3.05) is 5.32 Å². The highest BCUT2D eigenvalue weighted by atomic mass is 32.2. The average Bonchev–Trinajstić information content (AvgIpc) is 3.12. The number of benzene rings is 2. The number of amides is 1. The number of fused-ring (bicyclic) bond motifs is 1. The molecular weight excluding hydrogens is 365 g/mol. The van der Waals surface area contributed by atoms with Gasteiger partial charge in [-0.15, -0.1) is 0 Å². The zero-order valence-electron chi connectivity index (χ0n) is 15.0. The summed E-state index contributed by atoms with van der Waals surface area (Å²) in [6.45, 7) is 3.88. The van der Waals surface area contributed by atoms with E-state index in [1.165, 1.54) is 12.1 Å². The molecule has 0 saturated heterocycles. The maximum atomic E-state index is 13.3. The van der Waals surface area contributed by atoms with Crippen molar-refractivity contribution >= 4 is 22.5 Å². The molecule has 0 saturated carbocycles. The van der Waals surface area contributed by atoms with Crippen LogP contribution < -0.4 is 5.32 Å². The molecule has 0 aliphatic carbocycles. The van der Waals surface area contributed by atoms with Gasteiger partial charge in [0.25, 0.3) is 5.91 Å². The van der Waals surface area contributed by atoms with Crippen LogP contribution in [0.2, 0.25) is 0 Å². The summed E-state index contributed by atoms with van der Waals surface area (Å²) in [5, 5.41) is 7.44. The molecular formula is C20H18FN3O2S. The molecule has 5 nitrogen and oxygen atoms in total. The number of nitrogens with one attached hydrogen (secondary N) is 1. The first-order valence-electron chi connectivity index (χ1n) is 8.52. The molecule has 27 heavy (non-hydrogen) atoms. The van der Waals surface area contributed by atoms with E-state index in [9.17, 15) is 13.4 Å². The lowest BCUT2D eigenvalue weighted by Gasteiger charge is -2.12. The molecule has 2 heterocycles. The summed E-state index contributed by atoms with van der Waals surface area (Å²) >= 11 is 0. The van der Waals surface area contributed by atoms with Gasteiger partial charge < -0.3 is 5.32 Å². The number of aromatic nitrogens is 2. The molecule has 0 fully saturated rings. The molecule has 4 rings (SSSR count). The van der Waals surface area contributed by atoms with Gasteiger partial charge in [0.2, 0.25) is 0 Å². The highest BCUT2D eigenvalue weighted by Gasteiger charge is 2.28. The molecule has 3 aromatic rings. The third-order valence-electron chi connectivity index (χ3n) is 4.46. The van der Waals surface area contributed by atoms with Crippen LogP contribution in [0.1, 0.15) is 32.7 Å². The Morgan fingerprint density at radius 1 is 1.11 bits per heavy atom. The molecule has 1 N–H and O–H groups in total. The van der Waals surface area contributed by atoms with Crippen LogP contribution in [0.3, 0.4) is 0 Å². The Kier molecular flexibility index (Phi) is 4.39. The fourth-order valence-corrected chi connectivity index (χ4v) is 4.58.